The molecule has 4 fully saturated rings. The van der Waals surface area contributed by atoms with Gasteiger partial charge >= 0.3 is 5.97 Å². The number of hydrogen-bond acceptors (Lipinski definition) is 2. The first kappa shape index (κ1) is 12.5. The first-order valence-corrected chi connectivity index (χ1v) is 7.57. The first-order valence-electron chi connectivity index (χ1n) is 7.57. The Hall–Kier alpha value is -0.570. The average molecular weight is 251 g/mol. The molecule has 102 valence electrons. The van der Waals surface area contributed by atoms with Gasteiger partial charge in [-0.1, -0.05) is 6.92 Å². The van der Waals surface area contributed by atoms with E-state index in [1.54, 1.807) is 0 Å². The highest BCUT2D eigenvalue weighted by atomic mass is 16.4. The Kier molecular flexibility index (Phi) is 2.92. The van der Waals surface area contributed by atoms with Crippen molar-refractivity contribution in [2.75, 3.05) is 0 Å². The van der Waals surface area contributed by atoms with Gasteiger partial charge in [0, 0.05) is 6.04 Å². The zero-order valence-corrected chi connectivity index (χ0v) is 11.5. The molecule has 1 unspecified atom stereocenters. The first-order chi connectivity index (χ1) is 8.56. The summed E-state index contributed by atoms with van der Waals surface area (Å²) in [6, 6.07) is 0.304. The van der Waals surface area contributed by atoms with Crippen molar-refractivity contribution in [2.24, 2.45) is 23.7 Å². The molecular weight excluding hydrogens is 226 g/mol. The van der Waals surface area contributed by atoms with Crippen LogP contribution in [-0.4, -0.2) is 22.7 Å². The number of hydrogen-bond donors (Lipinski definition) is 2. The second-order valence-electron chi connectivity index (χ2n) is 6.93. The fraction of sp³-hybridized carbons (Fsp3) is 0.933. The fourth-order valence-electron chi connectivity index (χ4n) is 5.08. The van der Waals surface area contributed by atoms with E-state index in [0.717, 1.165) is 43.9 Å². The summed E-state index contributed by atoms with van der Waals surface area (Å²) in [5, 5.41) is 13.4. The largest absolute Gasteiger partial charge is 0.480 e. The Balaban J connectivity index is 1.92. The van der Waals surface area contributed by atoms with E-state index in [4.69, 9.17) is 0 Å². The Morgan fingerprint density at radius 2 is 1.72 bits per heavy atom. The van der Waals surface area contributed by atoms with Crippen molar-refractivity contribution in [3.05, 3.63) is 0 Å². The molecule has 0 amide bonds. The molecule has 4 bridgehead atoms. The molecule has 4 aliphatic carbocycles. The van der Waals surface area contributed by atoms with E-state index >= 15 is 0 Å². The second kappa shape index (κ2) is 4.22. The SMILES string of the molecule is CCC(C)NC1(C(=O)O)C2CC3CC(C2)CC1C3. The molecule has 3 heteroatoms. The van der Waals surface area contributed by atoms with Crippen LogP contribution in [0.2, 0.25) is 0 Å². The highest BCUT2D eigenvalue weighted by Crippen LogP contribution is 2.58. The molecule has 1 atom stereocenters. The van der Waals surface area contributed by atoms with Gasteiger partial charge in [-0.15, -0.1) is 0 Å². The fourth-order valence-corrected chi connectivity index (χ4v) is 5.08. The van der Waals surface area contributed by atoms with Gasteiger partial charge in [-0.2, -0.15) is 0 Å². The number of carboxylic acids is 1. The van der Waals surface area contributed by atoms with Crippen molar-refractivity contribution in [2.45, 2.75) is 64.0 Å². The third-order valence-corrected chi connectivity index (χ3v) is 5.88. The monoisotopic (exact) mass is 251 g/mol. The third-order valence-electron chi connectivity index (χ3n) is 5.88. The summed E-state index contributed by atoms with van der Waals surface area (Å²) in [5.74, 6) is 1.80. The van der Waals surface area contributed by atoms with Crippen LogP contribution < -0.4 is 5.32 Å². The predicted molar refractivity (Wildman–Crippen MR) is 70.3 cm³/mol. The predicted octanol–water partition coefficient (Wildman–Crippen LogP) is 2.65. The third kappa shape index (κ3) is 1.63. The molecule has 4 aliphatic rings. The summed E-state index contributed by atoms with van der Waals surface area (Å²) in [7, 11) is 0. The van der Waals surface area contributed by atoms with Crippen LogP contribution in [0.1, 0.15) is 52.4 Å². The Bertz CT molecular complexity index is 324. The van der Waals surface area contributed by atoms with Crippen LogP contribution in [0.15, 0.2) is 0 Å². The van der Waals surface area contributed by atoms with Gasteiger partial charge in [0.25, 0.3) is 0 Å². The molecule has 0 aromatic heterocycles. The topological polar surface area (TPSA) is 49.3 Å². The summed E-state index contributed by atoms with van der Waals surface area (Å²) < 4.78 is 0. The summed E-state index contributed by atoms with van der Waals surface area (Å²) in [6.07, 6.45) is 6.93. The normalized spacial score (nSPS) is 47.2. The van der Waals surface area contributed by atoms with E-state index in [-0.39, 0.29) is 0 Å². The molecule has 0 aliphatic heterocycles. The maximum Gasteiger partial charge on any atom is 0.324 e. The smallest absolute Gasteiger partial charge is 0.324 e. The van der Waals surface area contributed by atoms with Gasteiger partial charge in [0.15, 0.2) is 0 Å². The highest BCUT2D eigenvalue weighted by Gasteiger charge is 2.61. The van der Waals surface area contributed by atoms with Crippen LogP contribution in [0.4, 0.5) is 0 Å². The Labute approximate surface area is 109 Å². The minimum absolute atomic E-state index is 0.304. The van der Waals surface area contributed by atoms with Gasteiger partial charge in [0.05, 0.1) is 0 Å². The number of carbonyl (C=O) groups is 1. The lowest BCUT2D eigenvalue weighted by atomic mass is 9.48. The van der Waals surface area contributed by atoms with Gasteiger partial charge < -0.3 is 5.11 Å². The molecule has 2 N–H and O–H groups in total. The van der Waals surface area contributed by atoms with Gasteiger partial charge in [0.1, 0.15) is 5.54 Å². The summed E-state index contributed by atoms with van der Waals surface area (Å²) >= 11 is 0. The highest BCUT2D eigenvalue weighted by molar-refractivity contribution is 5.80. The van der Waals surface area contributed by atoms with Gasteiger partial charge in [-0.05, 0) is 69.1 Å². The number of carboxylic acid groups (broad SMARTS) is 1. The van der Waals surface area contributed by atoms with Crippen molar-refractivity contribution in [3.63, 3.8) is 0 Å². The van der Waals surface area contributed by atoms with Crippen LogP contribution in [0.25, 0.3) is 0 Å². The molecule has 0 spiro atoms. The van der Waals surface area contributed by atoms with E-state index in [0.29, 0.717) is 17.9 Å². The molecule has 0 heterocycles. The van der Waals surface area contributed by atoms with Crippen LogP contribution in [0, 0.1) is 23.7 Å². The number of nitrogens with one attached hydrogen (secondary N) is 1. The number of rotatable bonds is 4. The summed E-state index contributed by atoms with van der Waals surface area (Å²) in [4.78, 5) is 12.0. The van der Waals surface area contributed by atoms with E-state index in [1.807, 2.05) is 0 Å². The van der Waals surface area contributed by atoms with Crippen molar-refractivity contribution >= 4 is 5.97 Å². The van der Waals surface area contributed by atoms with E-state index < -0.39 is 11.5 Å². The maximum atomic E-state index is 12.0. The Morgan fingerprint density at radius 1 is 1.22 bits per heavy atom. The molecule has 3 nitrogen and oxygen atoms in total. The maximum absolute atomic E-state index is 12.0. The molecule has 4 rings (SSSR count). The molecule has 0 aromatic carbocycles. The molecule has 0 aromatic rings. The van der Waals surface area contributed by atoms with Gasteiger partial charge in [0.2, 0.25) is 0 Å². The molecule has 0 saturated heterocycles. The average Bonchev–Trinajstić information content (AvgIpc) is 2.32. The minimum atomic E-state index is -0.608. The summed E-state index contributed by atoms with van der Waals surface area (Å²) in [6.45, 7) is 4.25. The van der Waals surface area contributed by atoms with Crippen molar-refractivity contribution in [3.8, 4) is 0 Å². The molecule has 4 saturated carbocycles. The lowest BCUT2D eigenvalue weighted by Crippen LogP contribution is -2.70. The van der Waals surface area contributed by atoms with Gasteiger partial charge in [-0.25, -0.2) is 0 Å². The van der Waals surface area contributed by atoms with Crippen LogP contribution in [0.3, 0.4) is 0 Å². The second-order valence-corrected chi connectivity index (χ2v) is 6.93. The lowest BCUT2D eigenvalue weighted by molar-refractivity contribution is -0.165. The van der Waals surface area contributed by atoms with E-state index in [2.05, 4.69) is 19.2 Å². The van der Waals surface area contributed by atoms with Gasteiger partial charge in [-0.3, -0.25) is 10.1 Å². The Morgan fingerprint density at radius 3 is 2.11 bits per heavy atom. The van der Waals surface area contributed by atoms with E-state index in [1.165, 1.54) is 6.42 Å². The summed E-state index contributed by atoms with van der Waals surface area (Å²) in [5.41, 5.74) is -0.608. The molecular formula is C15H25NO2. The van der Waals surface area contributed by atoms with Crippen LogP contribution in [-0.2, 0) is 4.79 Å². The molecule has 0 radical (unpaired) electrons. The molecule has 18 heavy (non-hydrogen) atoms. The van der Waals surface area contributed by atoms with Crippen LogP contribution in [0.5, 0.6) is 0 Å². The minimum Gasteiger partial charge on any atom is -0.480 e. The lowest BCUT2D eigenvalue weighted by Gasteiger charge is -2.60. The number of aliphatic carboxylic acids is 1. The van der Waals surface area contributed by atoms with Crippen molar-refractivity contribution < 1.29 is 9.90 Å². The van der Waals surface area contributed by atoms with Crippen molar-refractivity contribution in [1.29, 1.82) is 0 Å². The zero-order valence-electron chi connectivity index (χ0n) is 11.5. The van der Waals surface area contributed by atoms with E-state index in [9.17, 15) is 9.90 Å². The zero-order chi connectivity index (χ0) is 12.9. The van der Waals surface area contributed by atoms with Crippen LogP contribution >= 0.6 is 0 Å². The quantitative estimate of drug-likeness (QED) is 0.807. The standard InChI is InChI=1S/C15H25NO2/c1-3-9(2)16-15(14(17)18)12-5-10-4-11(7-12)8-13(15)6-10/h9-13,16H,3-8H2,1-2H3,(H,17,18). The van der Waals surface area contributed by atoms with Crippen molar-refractivity contribution in [1.82, 2.24) is 5.32 Å².